The van der Waals surface area contributed by atoms with Crippen molar-refractivity contribution in [3.63, 3.8) is 0 Å². The maximum Gasteiger partial charge on any atom is 0.237 e. The molecular weight excluding hydrogens is 234 g/mol. The van der Waals surface area contributed by atoms with Gasteiger partial charge in [-0.25, -0.2) is 0 Å². The Labute approximate surface area is 116 Å². The van der Waals surface area contributed by atoms with Gasteiger partial charge < -0.3 is 4.90 Å². The van der Waals surface area contributed by atoms with Crippen LogP contribution in [0.3, 0.4) is 0 Å². The van der Waals surface area contributed by atoms with Crippen molar-refractivity contribution in [3.05, 3.63) is 29.3 Å². The average Bonchev–Trinajstić information content (AvgIpc) is 3.22. The first-order valence-corrected chi connectivity index (χ1v) is 7.52. The Bertz CT molecular complexity index is 486. The van der Waals surface area contributed by atoms with Crippen LogP contribution in [-0.2, 0) is 16.6 Å². The zero-order valence-corrected chi connectivity index (χ0v) is 12.8. The largest absolute Gasteiger partial charge is 0.308 e. The quantitative estimate of drug-likeness (QED) is 0.784. The number of nitrogens with zero attached hydrogens (tertiary/aromatic N) is 1. The van der Waals surface area contributed by atoms with Crippen LogP contribution < -0.4 is 4.90 Å². The summed E-state index contributed by atoms with van der Waals surface area (Å²) in [6, 6.07) is 6.98. The molecule has 1 aromatic carbocycles. The van der Waals surface area contributed by atoms with Gasteiger partial charge in [0.25, 0.3) is 0 Å². The van der Waals surface area contributed by atoms with Gasteiger partial charge in [0.1, 0.15) is 0 Å². The number of hydrogen-bond acceptors (Lipinski definition) is 1. The lowest BCUT2D eigenvalue weighted by molar-refractivity contribution is -0.122. The fourth-order valence-corrected chi connectivity index (χ4v) is 2.75. The second-order valence-corrected chi connectivity index (χ2v) is 5.74. The molecular formula is C17H25NO. The lowest BCUT2D eigenvalue weighted by atomic mass is 9.86. The van der Waals surface area contributed by atoms with E-state index >= 15 is 0 Å². The molecule has 0 spiro atoms. The molecule has 0 N–H and O–H groups in total. The number of amides is 1. The molecule has 19 heavy (non-hydrogen) atoms. The highest BCUT2D eigenvalue weighted by Crippen LogP contribution is 2.46. The van der Waals surface area contributed by atoms with Crippen molar-refractivity contribution in [2.45, 2.75) is 65.3 Å². The molecule has 0 unspecified atom stereocenters. The van der Waals surface area contributed by atoms with Crippen LogP contribution in [0.5, 0.6) is 0 Å². The molecule has 3 rings (SSSR count). The van der Waals surface area contributed by atoms with Crippen molar-refractivity contribution in [1.82, 2.24) is 0 Å². The molecule has 0 atom stereocenters. The van der Waals surface area contributed by atoms with Crippen LogP contribution in [0.4, 0.5) is 5.69 Å². The van der Waals surface area contributed by atoms with Crippen molar-refractivity contribution < 1.29 is 4.79 Å². The van der Waals surface area contributed by atoms with E-state index in [2.05, 4.69) is 30.0 Å². The minimum absolute atomic E-state index is 0.281. The highest BCUT2D eigenvalue weighted by atomic mass is 16.2. The third kappa shape index (κ3) is 2.18. The van der Waals surface area contributed by atoms with E-state index < -0.39 is 0 Å². The maximum absolute atomic E-state index is 12.5. The Morgan fingerprint density at radius 1 is 1.26 bits per heavy atom. The van der Waals surface area contributed by atoms with Gasteiger partial charge in [-0.15, -0.1) is 0 Å². The Hall–Kier alpha value is -1.31. The molecule has 1 fully saturated rings. The number of carbonyl (C=O) groups is 1. The molecule has 1 aliphatic heterocycles. The summed E-state index contributed by atoms with van der Waals surface area (Å²) in [6.07, 6.45) is 3.36. The van der Waals surface area contributed by atoms with Gasteiger partial charge >= 0.3 is 0 Å². The first-order chi connectivity index (χ1) is 9.05. The van der Waals surface area contributed by atoms with Gasteiger partial charge in [0.2, 0.25) is 5.91 Å². The number of fused-ring (bicyclic) bond motifs is 1. The van der Waals surface area contributed by atoms with Gasteiger partial charge in [-0.05, 0) is 50.3 Å². The number of rotatable bonds is 2. The monoisotopic (exact) mass is 259 g/mol. The first-order valence-electron chi connectivity index (χ1n) is 7.52. The van der Waals surface area contributed by atoms with Crippen molar-refractivity contribution >= 4 is 11.6 Å². The van der Waals surface area contributed by atoms with E-state index in [0.717, 1.165) is 19.3 Å². The van der Waals surface area contributed by atoms with Gasteiger partial charge in [0.05, 0.1) is 5.41 Å². The smallest absolute Gasteiger partial charge is 0.237 e. The van der Waals surface area contributed by atoms with E-state index in [1.807, 2.05) is 27.7 Å². The van der Waals surface area contributed by atoms with Crippen LogP contribution in [0, 0.1) is 0 Å². The Morgan fingerprint density at radius 2 is 1.89 bits per heavy atom. The summed E-state index contributed by atoms with van der Waals surface area (Å²) in [5.74, 6) is 0.281. The predicted molar refractivity (Wildman–Crippen MR) is 80.7 cm³/mol. The SMILES string of the molecule is CC.CCc1ccc2c(c1)N(C1CC1)C(=O)C2(C)C. The highest BCUT2D eigenvalue weighted by molar-refractivity contribution is 6.08. The van der Waals surface area contributed by atoms with Gasteiger partial charge in [0.15, 0.2) is 0 Å². The van der Waals surface area contributed by atoms with E-state index in [0.29, 0.717) is 6.04 Å². The lowest BCUT2D eigenvalue weighted by Gasteiger charge is -2.19. The van der Waals surface area contributed by atoms with Crippen LogP contribution in [0.15, 0.2) is 18.2 Å². The summed E-state index contributed by atoms with van der Waals surface area (Å²) >= 11 is 0. The van der Waals surface area contributed by atoms with Crippen molar-refractivity contribution in [2.24, 2.45) is 0 Å². The first kappa shape index (κ1) is 14.1. The average molecular weight is 259 g/mol. The predicted octanol–water partition coefficient (Wildman–Crippen LogP) is 4.06. The molecule has 1 aliphatic carbocycles. The highest BCUT2D eigenvalue weighted by Gasteiger charge is 2.48. The van der Waals surface area contributed by atoms with Gasteiger partial charge in [-0.2, -0.15) is 0 Å². The molecule has 0 bridgehead atoms. The molecule has 2 nitrogen and oxygen atoms in total. The minimum Gasteiger partial charge on any atom is -0.308 e. The molecule has 0 radical (unpaired) electrons. The fraction of sp³-hybridized carbons (Fsp3) is 0.588. The summed E-state index contributed by atoms with van der Waals surface area (Å²) in [4.78, 5) is 14.5. The van der Waals surface area contributed by atoms with E-state index in [4.69, 9.17) is 0 Å². The molecule has 1 amide bonds. The van der Waals surface area contributed by atoms with Gasteiger partial charge in [0, 0.05) is 11.7 Å². The standard InChI is InChI=1S/C15H19NO.C2H6/c1-4-10-5-8-12-13(9-10)16(11-6-7-11)14(17)15(12,2)3;1-2/h5,8-9,11H,4,6-7H2,1-3H3;1-2H3. The van der Waals surface area contributed by atoms with Crippen molar-refractivity contribution in [2.75, 3.05) is 4.90 Å². The summed E-state index contributed by atoms with van der Waals surface area (Å²) in [6.45, 7) is 10.2. The molecule has 1 heterocycles. The summed E-state index contributed by atoms with van der Waals surface area (Å²) in [5, 5.41) is 0. The van der Waals surface area contributed by atoms with Crippen LogP contribution in [-0.4, -0.2) is 11.9 Å². The molecule has 2 aliphatic rings. The van der Waals surface area contributed by atoms with E-state index in [-0.39, 0.29) is 11.3 Å². The maximum atomic E-state index is 12.5. The second kappa shape index (κ2) is 4.99. The molecule has 1 aromatic rings. The van der Waals surface area contributed by atoms with E-state index in [1.54, 1.807) is 0 Å². The number of benzene rings is 1. The number of hydrogen-bond donors (Lipinski definition) is 0. The third-order valence-electron chi connectivity index (χ3n) is 4.07. The normalized spacial score (nSPS) is 19.8. The number of aryl methyl sites for hydroxylation is 1. The molecule has 2 heteroatoms. The Kier molecular flexibility index (Phi) is 3.71. The van der Waals surface area contributed by atoms with Crippen LogP contribution in [0.25, 0.3) is 0 Å². The Morgan fingerprint density at radius 3 is 2.42 bits per heavy atom. The van der Waals surface area contributed by atoms with Gasteiger partial charge in [-0.3, -0.25) is 4.79 Å². The molecule has 0 aromatic heterocycles. The molecule has 1 saturated carbocycles. The van der Waals surface area contributed by atoms with E-state index in [9.17, 15) is 4.79 Å². The summed E-state index contributed by atoms with van der Waals surface area (Å²) < 4.78 is 0. The topological polar surface area (TPSA) is 20.3 Å². The van der Waals surface area contributed by atoms with Gasteiger partial charge in [-0.1, -0.05) is 32.9 Å². The van der Waals surface area contributed by atoms with Crippen LogP contribution in [0.2, 0.25) is 0 Å². The number of carbonyl (C=O) groups excluding carboxylic acids is 1. The van der Waals surface area contributed by atoms with Crippen molar-refractivity contribution in [1.29, 1.82) is 0 Å². The lowest BCUT2D eigenvalue weighted by Crippen LogP contribution is -2.37. The summed E-state index contributed by atoms with van der Waals surface area (Å²) in [7, 11) is 0. The zero-order valence-electron chi connectivity index (χ0n) is 12.8. The van der Waals surface area contributed by atoms with Crippen LogP contribution >= 0.6 is 0 Å². The number of anilines is 1. The molecule has 104 valence electrons. The third-order valence-corrected chi connectivity index (χ3v) is 4.07. The zero-order chi connectivity index (χ0) is 14.2. The summed E-state index contributed by atoms with van der Waals surface area (Å²) in [5.41, 5.74) is 3.35. The minimum atomic E-state index is -0.343. The molecule has 0 saturated heterocycles. The van der Waals surface area contributed by atoms with Crippen molar-refractivity contribution in [3.8, 4) is 0 Å². The second-order valence-electron chi connectivity index (χ2n) is 5.74. The van der Waals surface area contributed by atoms with Crippen LogP contribution in [0.1, 0.15) is 58.6 Å². The fourth-order valence-electron chi connectivity index (χ4n) is 2.75. The Balaban J connectivity index is 0.000000637. The van der Waals surface area contributed by atoms with E-state index in [1.165, 1.54) is 16.8 Å².